The molecule has 1 N–H and O–H groups in total. The second-order valence-electron chi connectivity index (χ2n) is 5.41. The molecule has 0 bridgehead atoms. The third-order valence-electron chi connectivity index (χ3n) is 4.14. The lowest BCUT2D eigenvalue weighted by Gasteiger charge is -2.36. The van der Waals surface area contributed by atoms with Gasteiger partial charge in [-0.2, -0.15) is 0 Å². The Kier molecular flexibility index (Phi) is 5.79. The highest BCUT2D eigenvalue weighted by Crippen LogP contribution is 2.36. The van der Waals surface area contributed by atoms with Crippen LogP contribution in [0.2, 0.25) is 0 Å². The first-order chi connectivity index (χ1) is 10.2. The van der Waals surface area contributed by atoms with Gasteiger partial charge in [-0.15, -0.1) is 0 Å². The van der Waals surface area contributed by atoms with Crippen molar-refractivity contribution in [1.82, 2.24) is 0 Å². The lowest BCUT2D eigenvalue weighted by atomic mass is 9.75. The molecule has 0 saturated heterocycles. The Morgan fingerprint density at radius 3 is 2.19 bits per heavy atom. The van der Waals surface area contributed by atoms with E-state index in [9.17, 15) is 5.11 Å². The molecule has 1 aromatic carbocycles. The second-order valence-corrected chi connectivity index (χ2v) is 5.41. The summed E-state index contributed by atoms with van der Waals surface area (Å²) < 4.78 is 15.7. The molecule has 1 aliphatic carbocycles. The van der Waals surface area contributed by atoms with Crippen molar-refractivity contribution in [1.29, 1.82) is 0 Å². The summed E-state index contributed by atoms with van der Waals surface area (Å²) in [6.07, 6.45) is 3.72. The zero-order chi connectivity index (χ0) is 15.2. The predicted octanol–water partition coefficient (Wildman–Crippen LogP) is 2.23. The van der Waals surface area contributed by atoms with E-state index in [0.717, 1.165) is 11.3 Å². The van der Waals surface area contributed by atoms with Crippen LogP contribution in [-0.2, 0) is 9.47 Å². The van der Waals surface area contributed by atoms with E-state index in [1.54, 1.807) is 21.3 Å². The zero-order valence-electron chi connectivity index (χ0n) is 12.9. The normalized spacial score (nSPS) is 28.6. The van der Waals surface area contributed by atoms with Crippen LogP contribution in [0.3, 0.4) is 0 Å². The summed E-state index contributed by atoms with van der Waals surface area (Å²) in [4.78, 5) is 0. The number of aliphatic hydroxyl groups excluding tert-OH is 1. The first-order valence-electron chi connectivity index (χ1n) is 7.19. The molecule has 0 heterocycles. The zero-order valence-corrected chi connectivity index (χ0v) is 12.9. The van der Waals surface area contributed by atoms with E-state index in [1.807, 2.05) is 24.3 Å². The van der Waals surface area contributed by atoms with Crippen LogP contribution in [0.5, 0.6) is 5.75 Å². The summed E-state index contributed by atoms with van der Waals surface area (Å²) >= 11 is 0. The number of ether oxygens (including phenoxy) is 3. The van der Waals surface area contributed by atoms with Crippen LogP contribution < -0.4 is 4.74 Å². The lowest BCUT2D eigenvalue weighted by molar-refractivity contribution is -0.00583. The second kappa shape index (κ2) is 7.59. The molecule has 1 aromatic rings. The van der Waals surface area contributed by atoms with Crippen LogP contribution in [0.25, 0.3) is 0 Å². The van der Waals surface area contributed by atoms with E-state index in [1.165, 1.54) is 0 Å². The van der Waals surface area contributed by atoms with E-state index >= 15 is 0 Å². The molecule has 0 fully saturated rings. The molecule has 2 rings (SSSR count). The van der Waals surface area contributed by atoms with Gasteiger partial charge >= 0.3 is 0 Å². The van der Waals surface area contributed by atoms with Crippen molar-refractivity contribution in [2.75, 3.05) is 34.5 Å². The summed E-state index contributed by atoms with van der Waals surface area (Å²) in [5.74, 6) is 1.01. The van der Waals surface area contributed by atoms with Gasteiger partial charge in [0.2, 0.25) is 0 Å². The third kappa shape index (κ3) is 3.64. The van der Waals surface area contributed by atoms with Gasteiger partial charge in [-0.1, -0.05) is 24.3 Å². The van der Waals surface area contributed by atoms with Crippen molar-refractivity contribution in [3.8, 4) is 5.75 Å². The first-order valence-corrected chi connectivity index (χ1v) is 7.19. The fourth-order valence-electron chi connectivity index (χ4n) is 2.96. The highest BCUT2D eigenvalue weighted by Gasteiger charge is 2.35. The Morgan fingerprint density at radius 2 is 1.62 bits per heavy atom. The van der Waals surface area contributed by atoms with Gasteiger partial charge < -0.3 is 19.3 Å². The number of rotatable bonds is 6. The van der Waals surface area contributed by atoms with Crippen LogP contribution in [0, 0.1) is 11.8 Å². The highest BCUT2D eigenvalue weighted by atomic mass is 16.5. The van der Waals surface area contributed by atoms with Gasteiger partial charge in [0.1, 0.15) is 5.75 Å². The summed E-state index contributed by atoms with van der Waals surface area (Å²) in [6.45, 7) is 1.11. The summed E-state index contributed by atoms with van der Waals surface area (Å²) in [5.41, 5.74) is 1.08. The molecule has 0 aromatic heterocycles. The van der Waals surface area contributed by atoms with E-state index in [-0.39, 0.29) is 17.8 Å². The maximum atomic E-state index is 10.7. The van der Waals surface area contributed by atoms with Gasteiger partial charge in [0, 0.05) is 32.0 Å². The van der Waals surface area contributed by atoms with Gasteiger partial charge in [-0.3, -0.25) is 0 Å². The molecule has 0 spiro atoms. The monoisotopic (exact) mass is 292 g/mol. The van der Waals surface area contributed by atoms with E-state index in [4.69, 9.17) is 14.2 Å². The maximum Gasteiger partial charge on any atom is 0.118 e. The molecule has 1 aliphatic rings. The fourth-order valence-corrected chi connectivity index (χ4v) is 2.96. The van der Waals surface area contributed by atoms with Crippen molar-refractivity contribution >= 4 is 0 Å². The summed E-state index contributed by atoms with van der Waals surface area (Å²) in [6, 6.07) is 7.83. The predicted molar refractivity (Wildman–Crippen MR) is 81.6 cm³/mol. The number of benzene rings is 1. The van der Waals surface area contributed by atoms with Crippen LogP contribution in [0.4, 0.5) is 0 Å². The third-order valence-corrected chi connectivity index (χ3v) is 4.14. The Hall–Kier alpha value is -1.36. The van der Waals surface area contributed by atoms with Gasteiger partial charge in [0.05, 0.1) is 26.4 Å². The van der Waals surface area contributed by atoms with Crippen molar-refractivity contribution < 1.29 is 19.3 Å². The van der Waals surface area contributed by atoms with E-state index in [0.29, 0.717) is 13.2 Å². The van der Waals surface area contributed by atoms with E-state index < -0.39 is 6.10 Å². The summed E-state index contributed by atoms with van der Waals surface area (Å²) in [7, 11) is 4.99. The lowest BCUT2D eigenvalue weighted by Crippen LogP contribution is -2.39. The Bertz CT molecular complexity index is 454. The Morgan fingerprint density at radius 1 is 0.952 bits per heavy atom. The smallest absolute Gasteiger partial charge is 0.118 e. The maximum absolute atomic E-state index is 10.7. The van der Waals surface area contributed by atoms with Crippen LogP contribution in [0.1, 0.15) is 11.5 Å². The average molecular weight is 292 g/mol. The average Bonchev–Trinajstić information content (AvgIpc) is 2.51. The quantitative estimate of drug-likeness (QED) is 0.817. The van der Waals surface area contributed by atoms with Crippen molar-refractivity contribution in [3.63, 3.8) is 0 Å². The summed E-state index contributed by atoms with van der Waals surface area (Å²) in [5, 5.41) is 10.7. The molecule has 0 saturated carbocycles. The molecule has 0 unspecified atom stereocenters. The topological polar surface area (TPSA) is 47.9 Å². The van der Waals surface area contributed by atoms with Crippen molar-refractivity contribution in [2.24, 2.45) is 11.8 Å². The minimum atomic E-state index is -0.483. The van der Waals surface area contributed by atoms with Gasteiger partial charge in [-0.25, -0.2) is 0 Å². The number of aliphatic hydroxyl groups is 1. The highest BCUT2D eigenvalue weighted by molar-refractivity contribution is 5.33. The van der Waals surface area contributed by atoms with Crippen LogP contribution in [-0.4, -0.2) is 45.8 Å². The van der Waals surface area contributed by atoms with Crippen molar-refractivity contribution in [2.45, 2.75) is 12.0 Å². The Labute approximate surface area is 126 Å². The molecule has 0 aliphatic heterocycles. The molecule has 116 valence electrons. The molecule has 4 nitrogen and oxygen atoms in total. The minimum Gasteiger partial charge on any atom is -0.497 e. The van der Waals surface area contributed by atoms with Gasteiger partial charge in [0.15, 0.2) is 0 Å². The van der Waals surface area contributed by atoms with Crippen molar-refractivity contribution in [3.05, 3.63) is 42.0 Å². The fraction of sp³-hybridized carbons (Fsp3) is 0.529. The Balaban J connectivity index is 2.21. The SMILES string of the molecule is COC[C@@H]1[C@H](O)[C@H](c2ccc(OC)cc2)C=C[C@@H]1COC. The largest absolute Gasteiger partial charge is 0.497 e. The van der Waals surface area contributed by atoms with Gasteiger partial charge in [-0.05, 0) is 17.7 Å². The molecular formula is C17H24O4. The molecule has 21 heavy (non-hydrogen) atoms. The number of methoxy groups -OCH3 is 3. The molecule has 0 amide bonds. The number of hydrogen-bond donors (Lipinski definition) is 1. The van der Waals surface area contributed by atoms with Crippen LogP contribution >= 0.6 is 0 Å². The molecule has 4 atom stereocenters. The molecule has 0 radical (unpaired) electrons. The van der Waals surface area contributed by atoms with Crippen LogP contribution in [0.15, 0.2) is 36.4 Å². The van der Waals surface area contributed by atoms with E-state index in [2.05, 4.69) is 12.2 Å². The van der Waals surface area contributed by atoms with Gasteiger partial charge in [0.25, 0.3) is 0 Å². The standard InChI is InChI=1S/C17H24O4/c1-19-10-13-6-9-15(17(18)16(13)11-20-2)12-4-7-14(21-3)8-5-12/h4-9,13,15-18H,10-11H2,1-3H3/t13-,15+,16+,17-/m1/s1. The molecular weight excluding hydrogens is 268 g/mol. The number of hydrogen-bond acceptors (Lipinski definition) is 4. The molecule has 4 heteroatoms. The first kappa shape index (κ1) is 16.0. The minimum absolute atomic E-state index is 0.0239.